The highest BCUT2D eigenvalue weighted by molar-refractivity contribution is 8.13. The van der Waals surface area contributed by atoms with E-state index in [2.05, 4.69) is 20.9 Å². The number of thioether (sulfide) groups is 1. The lowest BCUT2D eigenvalue weighted by Gasteiger charge is -2.28. The van der Waals surface area contributed by atoms with Gasteiger partial charge in [-0.25, -0.2) is 9.37 Å². The van der Waals surface area contributed by atoms with Crippen molar-refractivity contribution in [2.24, 2.45) is 0 Å². The number of allylic oxidation sites excluding steroid dienone is 2. The summed E-state index contributed by atoms with van der Waals surface area (Å²) in [6.45, 7) is 2.85. The van der Waals surface area contributed by atoms with Gasteiger partial charge >= 0.3 is 0 Å². The first-order valence-corrected chi connectivity index (χ1v) is 15.4. The Bertz CT molecular complexity index is 1620. The average Bonchev–Trinajstić information content (AvgIpc) is 3.01. The summed E-state index contributed by atoms with van der Waals surface area (Å²) in [4.78, 5) is 54.8. The van der Waals surface area contributed by atoms with E-state index in [1.54, 1.807) is 19.1 Å². The van der Waals surface area contributed by atoms with Gasteiger partial charge in [-0.2, -0.15) is 0 Å². The van der Waals surface area contributed by atoms with Crippen molar-refractivity contribution in [2.45, 2.75) is 58.1 Å². The Hall–Kier alpha value is -4.39. The number of amides is 3. The van der Waals surface area contributed by atoms with Gasteiger partial charge in [-0.05, 0) is 42.2 Å². The fourth-order valence-corrected chi connectivity index (χ4v) is 5.32. The van der Waals surface area contributed by atoms with Crippen LogP contribution in [0.5, 0.6) is 0 Å². The van der Waals surface area contributed by atoms with Gasteiger partial charge in [-0.3, -0.25) is 19.2 Å². The minimum absolute atomic E-state index is 0.0167. The molecule has 0 radical (unpaired) electrons. The van der Waals surface area contributed by atoms with Crippen molar-refractivity contribution < 1.29 is 33.4 Å². The molecule has 2 bridgehead atoms. The SMILES string of the molecule is C/C=C1\NC(=O)c2cc(F)cc(n2)CNC(=O)C[C@@H](/C=C/CCSC(C)=O)OC(O)[C@H](Cc2cccc3ccccc23)NC1=O. The topological polar surface area (TPSA) is 147 Å². The van der Waals surface area contributed by atoms with Gasteiger partial charge in [-0.1, -0.05) is 72.5 Å². The maximum atomic E-state index is 14.4. The summed E-state index contributed by atoms with van der Waals surface area (Å²) >= 11 is 1.16. The van der Waals surface area contributed by atoms with E-state index in [-0.39, 0.29) is 41.6 Å². The first-order chi connectivity index (χ1) is 21.6. The number of aromatic nitrogens is 1. The van der Waals surface area contributed by atoms with Gasteiger partial charge < -0.3 is 25.8 Å². The molecular weight excluding hydrogens is 599 g/mol. The van der Waals surface area contributed by atoms with Crippen molar-refractivity contribution in [3.8, 4) is 0 Å². The maximum absolute atomic E-state index is 14.4. The molecular formula is C33H35FN4O6S. The molecule has 1 aliphatic rings. The third-order valence-electron chi connectivity index (χ3n) is 6.95. The van der Waals surface area contributed by atoms with Gasteiger partial charge in [0, 0.05) is 18.7 Å². The molecule has 0 saturated heterocycles. The summed E-state index contributed by atoms with van der Waals surface area (Å²) in [6, 6.07) is 14.4. The number of ether oxygens (including phenoxy) is 1. The number of benzene rings is 2. The number of nitrogens with zero attached hydrogens (tertiary/aromatic N) is 1. The summed E-state index contributed by atoms with van der Waals surface area (Å²) < 4.78 is 20.4. The predicted octanol–water partition coefficient (Wildman–Crippen LogP) is 3.68. The maximum Gasteiger partial charge on any atom is 0.274 e. The van der Waals surface area contributed by atoms with Gasteiger partial charge in [0.2, 0.25) is 5.91 Å². The molecule has 236 valence electrons. The third-order valence-corrected chi connectivity index (χ3v) is 7.79. The van der Waals surface area contributed by atoms with Gasteiger partial charge in [0.25, 0.3) is 11.8 Å². The molecule has 0 spiro atoms. The highest BCUT2D eigenvalue weighted by Gasteiger charge is 2.28. The van der Waals surface area contributed by atoms with Crippen molar-refractivity contribution in [2.75, 3.05) is 5.75 Å². The summed E-state index contributed by atoms with van der Waals surface area (Å²) in [5, 5.41) is 21.1. The van der Waals surface area contributed by atoms with Crippen molar-refractivity contribution >= 4 is 45.4 Å². The number of fused-ring (bicyclic) bond motifs is 3. The molecule has 12 heteroatoms. The summed E-state index contributed by atoms with van der Waals surface area (Å²) in [5.74, 6) is -2.23. The lowest BCUT2D eigenvalue weighted by Crippen LogP contribution is -2.49. The first kappa shape index (κ1) is 33.5. The normalized spacial score (nSPS) is 21.0. The molecule has 3 amide bonds. The summed E-state index contributed by atoms with van der Waals surface area (Å²) in [6.07, 6.45) is 2.70. The molecule has 1 aromatic heterocycles. The van der Waals surface area contributed by atoms with Crippen LogP contribution in [-0.4, -0.2) is 57.1 Å². The van der Waals surface area contributed by atoms with Crippen LogP contribution in [0.2, 0.25) is 0 Å². The largest absolute Gasteiger partial charge is 0.366 e. The standard InChI is InChI=1S/C33H35FN4O6S/c1-3-27-31(41)38-29(15-22-11-8-10-21-9-4-5-13-26(21)22)33(43)44-25(12-6-7-14-45-20(2)39)18-30(40)35-19-24-16-23(34)17-28(36-24)32(42)37-27/h3-6,8-13,16-17,25,29,33,43H,7,14-15,18-19H2,1-2H3,(H,35,40)(H,37,42)(H,38,41)/b12-6+,27-3-/t25-,29+,33?/m1/s1. The van der Waals surface area contributed by atoms with Crippen LogP contribution >= 0.6 is 11.8 Å². The van der Waals surface area contributed by atoms with E-state index >= 15 is 0 Å². The first-order valence-electron chi connectivity index (χ1n) is 14.4. The fraction of sp³-hybridized carbons (Fsp3) is 0.303. The Morgan fingerprint density at radius 1 is 1.13 bits per heavy atom. The lowest BCUT2D eigenvalue weighted by atomic mass is 9.98. The predicted molar refractivity (Wildman–Crippen MR) is 169 cm³/mol. The minimum Gasteiger partial charge on any atom is -0.366 e. The molecule has 3 aromatic rings. The van der Waals surface area contributed by atoms with E-state index in [0.29, 0.717) is 12.2 Å². The minimum atomic E-state index is -1.58. The van der Waals surface area contributed by atoms with E-state index in [4.69, 9.17) is 4.74 Å². The molecule has 0 aliphatic carbocycles. The molecule has 1 aliphatic heterocycles. The number of halogens is 1. The van der Waals surface area contributed by atoms with Crippen molar-refractivity contribution in [3.63, 3.8) is 0 Å². The Morgan fingerprint density at radius 2 is 1.91 bits per heavy atom. The Balaban J connectivity index is 1.68. The smallest absolute Gasteiger partial charge is 0.274 e. The number of nitrogens with one attached hydrogen (secondary N) is 3. The van der Waals surface area contributed by atoms with Gasteiger partial charge in [0.05, 0.1) is 30.8 Å². The third kappa shape index (κ3) is 9.80. The molecule has 3 atom stereocenters. The number of hydrogen-bond donors (Lipinski definition) is 4. The van der Waals surface area contributed by atoms with E-state index in [0.717, 1.165) is 40.2 Å². The molecule has 45 heavy (non-hydrogen) atoms. The molecule has 4 N–H and O–H groups in total. The van der Waals surface area contributed by atoms with Crippen molar-refractivity contribution in [1.82, 2.24) is 20.9 Å². The zero-order valence-corrected chi connectivity index (χ0v) is 25.7. The van der Waals surface area contributed by atoms with Crippen LogP contribution in [0.3, 0.4) is 0 Å². The fourth-order valence-electron chi connectivity index (χ4n) is 4.78. The van der Waals surface area contributed by atoms with Crippen LogP contribution in [-0.2, 0) is 32.1 Å². The van der Waals surface area contributed by atoms with E-state index in [9.17, 15) is 28.7 Å². The number of pyridine rings is 1. The van der Waals surface area contributed by atoms with Crippen molar-refractivity contribution in [1.29, 1.82) is 0 Å². The van der Waals surface area contributed by atoms with Gasteiger partial charge in [0.1, 0.15) is 17.2 Å². The van der Waals surface area contributed by atoms with E-state index < -0.39 is 42.0 Å². The number of carbonyl (C=O) groups is 4. The molecule has 4 rings (SSSR count). The Labute approximate surface area is 264 Å². The van der Waals surface area contributed by atoms with E-state index in [1.165, 1.54) is 13.0 Å². The summed E-state index contributed by atoms with van der Waals surface area (Å²) in [5.41, 5.74) is 0.501. The second-order valence-electron chi connectivity index (χ2n) is 10.3. The average molecular weight is 635 g/mol. The van der Waals surface area contributed by atoms with Gasteiger partial charge in [-0.15, -0.1) is 0 Å². The van der Waals surface area contributed by atoms with Crippen LogP contribution in [0.25, 0.3) is 10.8 Å². The number of hydrogen-bond acceptors (Lipinski definition) is 8. The number of carbonyl (C=O) groups excluding carboxylic acids is 4. The molecule has 0 fully saturated rings. The quantitative estimate of drug-likeness (QED) is 0.183. The van der Waals surface area contributed by atoms with Crippen molar-refractivity contribution in [3.05, 3.63) is 101 Å². The molecule has 2 aromatic carbocycles. The molecule has 2 heterocycles. The highest BCUT2D eigenvalue weighted by Crippen LogP contribution is 2.22. The van der Waals surface area contributed by atoms with Crippen LogP contribution in [0.4, 0.5) is 4.39 Å². The zero-order valence-electron chi connectivity index (χ0n) is 24.9. The molecule has 0 saturated carbocycles. The molecule has 10 nitrogen and oxygen atoms in total. The highest BCUT2D eigenvalue weighted by atomic mass is 32.2. The zero-order chi connectivity index (χ0) is 32.3. The van der Waals surface area contributed by atoms with Crippen LogP contribution in [0.15, 0.2) is 78.5 Å². The Kier molecular flexibility index (Phi) is 12.0. The van der Waals surface area contributed by atoms with E-state index in [1.807, 2.05) is 42.5 Å². The molecule has 1 unspecified atom stereocenters. The second kappa shape index (κ2) is 16.1. The van der Waals surface area contributed by atoms with Crippen LogP contribution in [0.1, 0.15) is 48.4 Å². The second-order valence-corrected chi connectivity index (χ2v) is 11.6. The summed E-state index contributed by atoms with van der Waals surface area (Å²) in [7, 11) is 0. The van der Waals surface area contributed by atoms with Crippen LogP contribution < -0.4 is 16.0 Å². The number of aliphatic hydroxyl groups is 1. The van der Waals surface area contributed by atoms with Crippen LogP contribution in [0, 0.1) is 5.82 Å². The monoisotopic (exact) mass is 634 g/mol. The number of rotatable bonds is 6. The lowest BCUT2D eigenvalue weighted by molar-refractivity contribution is -0.152. The van der Waals surface area contributed by atoms with Gasteiger partial charge in [0.15, 0.2) is 11.4 Å². The number of aliphatic hydroxyl groups excluding tert-OH is 1. The Morgan fingerprint density at radius 3 is 2.69 bits per heavy atom.